The van der Waals surface area contributed by atoms with Crippen LogP contribution in [0.3, 0.4) is 0 Å². The number of benzene rings is 1. The molecule has 0 bridgehead atoms. The molecule has 1 aromatic rings. The molecular formula is C15H20FNO4. The molecule has 5 nitrogen and oxygen atoms in total. The lowest BCUT2D eigenvalue weighted by atomic mass is 10.2. The number of amides is 1. The number of ether oxygens (including phenoxy) is 1. The zero-order chi connectivity index (χ0) is 16.0. The lowest BCUT2D eigenvalue weighted by Crippen LogP contribution is -2.37. The number of carboxylic acid groups (broad SMARTS) is 1. The molecule has 0 unspecified atom stereocenters. The number of aliphatic carboxylic acids is 1. The second kappa shape index (κ2) is 7.06. The molecule has 0 aliphatic carbocycles. The van der Waals surface area contributed by atoms with E-state index in [-0.39, 0.29) is 19.5 Å². The molecule has 0 aromatic heterocycles. The Balaban J connectivity index is 2.84. The minimum Gasteiger partial charge on any atom is -0.481 e. The number of halogens is 1. The minimum absolute atomic E-state index is 0.0329. The van der Waals surface area contributed by atoms with E-state index < -0.39 is 23.5 Å². The Hall–Kier alpha value is -2.11. The van der Waals surface area contributed by atoms with Gasteiger partial charge in [0, 0.05) is 12.1 Å². The van der Waals surface area contributed by atoms with Crippen molar-refractivity contribution in [1.82, 2.24) is 4.90 Å². The Morgan fingerprint density at radius 2 is 1.90 bits per heavy atom. The van der Waals surface area contributed by atoms with Crippen LogP contribution >= 0.6 is 0 Å². The van der Waals surface area contributed by atoms with Crippen LogP contribution in [0.25, 0.3) is 0 Å². The second-order valence-electron chi connectivity index (χ2n) is 5.64. The topological polar surface area (TPSA) is 66.8 Å². The summed E-state index contributed by atoms with van der Waals surface area (Å²) in [5, 5.41) is 8.74. The Kier molecular flexibility index (Phi) is 5.69. The first-order valence-corrected chi connectivity index (χ1v) is 6.62. The van der Waals surface area contributed by atoms with Gasteiger partial charge in [0.25, 0.3) is 0 Å². The van der Waals surface area contributed by atoms with Crippen molar-refractivity contribution in [3.63, 3.8) is 0 Å². The number of hydrogen-bond donors (Lipinski definition) is 1. The standard InChI is InChI=1S/C15H20FNO4/c1-15(2,3)21-14(20)17(9-8-13(18)19)10-11-6-4-5-7-12(11)16/h4-7H,8-10H2,1-3H3,(H,18,19). The lowest BCUT2D eigenvalue weighted by Gasteiger charge is -2.27. The van der Waals surface area contributed by atoms with Crippen LogP contribution in [0.5, 0.6) is 0 Å². The molecule has 0 heterocycles. The molecule has 1 amide bonds. The SMILES string of the molecule is CC(C)(C)OC(=O)N(CCC(=O)O)Cc1ccccc1F. The predicted octanol–water partition coefficient (Wildman–Crippen LogP) is 3.04. The van der Waals surface area contributed by atoms with Crippen LogP contribution in [-0.4, -0.2) is 34.2 Å². The summed E-state index contributed by atoms with van der Waals surface area (Å²) in [6.45, 7) is 5.06. The lowest BCUT2D eigenvalue weighted by molar-refractivity contribution is -0.137. The van der Waals surface area contributed by atoms with Gasteiger partial charge >= 0.3 is 12.1 Å². The third-order valence-electron chi connectivity index (χ3n) is 2.57. The fraction of sp³-hybridized carbons (Fsp3) is 0.467. The molecule has 0 radical (unpaired) electrons. The molecule has 1 N–H and O–H groups in total. The van der Waals surface area contributed by atoms with E-state index >= 15 is 0 Å². The van der Waals surface area contributed by atoms with Gasteiger partial charge in [0.15, 0.2) is 0 Å². The predicted molar refractivity (Wildman–Crippen MR) is 75.3 cm³/mol. The van der Waals surface area contributed by atoms with Crippen LogP contribution in [0.4, 0.5) is 9.18 Å². The maximum Gasteiger partial charge on any atom is 0.410 e. The maximum absolute atomic E-state index is 13.7. The highest BCUT2D eigenvalue weighted by atomic mass is 19.1. The maximum atomic E-state index is 13.7. The van der Waals surface area contributed by atoms with Crippen molar-refractivity contribution in [2.45, 2.75) is 39.3 Å². The van der Waals surface area contributed by atoms with E-state index in [1.165, 1.54) is 11.0 Å². The number of rotatable bonds is 5. The fourth-order valence-electron chi connectivity index (χ4n) is 1.62. The van der Waals surface area contributed by atoms with E-state index in [4.69, 9.17) is 9.84 Å². The molecular weight excluding hydrogens is 277 g/mol. The first-order valence-electron chi connectivity index (χ1n) is 6.62. The van der Waals surface area contributed by atoms with Crippen molar-refractivity contribution in [2.24, 2.45) is 0 Å². The summed E-state index contributed by atoms with van der Waals surface area (Å²) in [6.07, 6.45) is -0.889. The van der Waals surface area contributed by atoms with E-state index in [0.29, 0.717) is 5.56 Å². The number of carbonyl (C=O) groups is 2. The summed E-state index contributed by atoms with van der Waals surface area (Å²) in [6, 6.07) is 6.05. The third kappa shape index (κ3) is 6.25. The summed E-state index contributed by atoms with van der Waals surface area (Å²) < 4.78 is 18.9. The Morgan fingerprint density at radius 3 is 2.43 bits per heavy atom. The van der Waals surface area contributed by atoms with Gasteiger partial charge in [-0.1, -0.05) is 18.2 Å². The van der Waals surface area contributed by atoms with Crippen molar-refractivity contribution in [3.8, 4) is 0 Å². The summed E-state index contributed by atoms with van der Waals surface area (Å²) in [7, 11) is 0. The molecule has 6 heteroatoms. The molecule has 116 valence electrons. The average Bonchev–Trinajstić information content (AvgIpc) is 2.34. The minimum atomic E-state index is -1.03. The van der Waals surface area contributed by atoms with E-state index in [9.17, 15) is 14.0 Å². The zero-order valence-electron chi connectivity index (χ0n) is 12.4. The van der Waals surface area contributed by atoms with Gasteiger partial charge in [-0.25, -0.2) is 9.18 Å². The molecule has 0 saturated heterocycles. The van der Waals surface area contributed by atoms with Crippen LogP contribution in [-0.2, 0) is 16.1 Å². The van der Waals surface area contributed by atoms with Gasteiger partial charge in [0.05, 0.1) is 13.0 Å². The van der Waals surface area contributed by atoms with Crippen molar-refractivity contribution in [3.05, 3.63) is 35.6 Å². The van der Waals surface area contributed by atoms with E-state index in [1.807, 2.05) is 0 Å². The summed E-state index contributed by atoms with van der Waals surface area (Å²) in [4.78, 5) is 23.9. The highest BCUT2D eigenvalue weighted by molar-refractivity contribution is 5.71. The van der Waals surface area contributed by atoms with Gasteiger partial charge in [-0.15, -0.1) is 0 Å². The number of hydrogen-bond acceptors (Lipinski definition) is 3. The van der Waals surface area contributed by atoms with Gasteiger partial charge in [0.2, 0.25) is 0 Å². The van der Waals surface area contributed by atoms with Gasteiger partial charge in [0.1, 0.15) is 11.4 Å². The largest absolute Gasteiger partial charge is 0.481 e. The van der Waals surface area contributed by atoms with Crippen molar-refractivity contribution in [1.29, 1.82) is 0 Å². The first kappa shape index (κ1) is 16.9. The quantitative estimate of drug-likeness (QED) is 0.907. The molecule has 0 aliphatic rings. The summed E-state index contributed by atoms with van der Waals surface area (Å²) >= 11 is 0. The second-order valence-corrected chi connectivity index (χ2v) is 5.64. The molecule has 0 spiro atoms. The van der Waals surface area contributed by atoms with Crippen molar-refractivity contribution < 1.29 is 23.8 Å². The normalized spacial score (nSPS) is 11.0. The van der Waals surface area contributed by atoms with E-state index in [0.717, 1.165) is 0 Å². The Bertz CT molecular complexity index is 511. The summed E-state index contributed by atoms with van der Waals surface area (Å²) in [5.74, 6) is -1.47. The molecule has 0 atom stereocenters. The number of carboxylic acids is 1. The van der Waals surface area contributed by atoms with E-state index in [2.05, 4.69) is 0 Å². The highest BCUT2D eigenvalue weighted by Crippen LogP contribution is 2.15. The smallest absolute Gasteiger partial charge is 0.410 e. The summed E-state index contributed by atoms with van der Waals surface area (Å²) in [5.41, 5.74) is -0.387. The van der Waals surface area contributed by atoms with Crippen molar-refractivity contribution in [2.75, 3.05) is 6.54 Å². The van der Waals surface area contributed by atoms with Crippen LogP contribution in [0.2, 0.25) is 0 Å². The Labute approximate surface area is 123 Å². The van der Waals surface area contributed by atoms with Gasteiger partial charge in [-0.3, -0.25) is 4.79 Å². The monoisotopic (exact) mass is 297 g/mol. The molecule has 21 heavy (non-hydrogen) atoms. The van der Waals surface area contributed by atoms with Crippen LogP contribution in [0, 0.1) is 5.82 Å². The molecule has 0 saturated carbocycles. The van der Waals surface area contributed by atoms with Gasteiger partial charge in [-0.05, 0) is 26.8 Å². The first-order chi connectivity index (χ1) is 9.69. The van der Waals surface area contributed by atoms with Crippen LogP contribution < -0.4 is 0 Å². The number of carbonyl (C=O) groups excluding carboxylic acids is 1. The van der Waals surface area contributed by atoms with Gasteiger partial charge in [-0.2, -0.15) is 0 Å². The fourth-order valence-corrected chi connectivity index (χ4v) is 1.62. The van der Waals surface area contributed by atoms with Crippen LogP contribution in [0.15, 0.2) is 24.3 Å². The number of nitrogens with zero attached hydrogens (tertiary/aromatic N) is 1. The van der Waals surface area contributed by atoms with Crippen LogP contribution in [0.1, 0.15) is 32.8 Å². The highest BCUT2D eigenvalue weighted by Gasteiger charge is 2.23. The zero-order valence-corrected chi connectivity index (χ0v) is 12.4. The molecule has 1 aromatic carbocycles. The van der Waals surface area contributed by atoms with Crippen molar-refractivity contribution >= 4 is 12.1 Å². The molecule has 0 fully saturated rings. The third-order valence-corrected chi connectivity index (χ3v) is 2.57. The van der Waals surface area contributed by atoms with Gasteiger partial charge < -0.3 is 14.7 Å². The molecule has 0 aliphatic heterocycles. The average molecular weight is 297 g/mol. The Morgan fingerprint density at radius 1 is 1.29 bits per heavy atom. The molecule has 1 rings (SSSR count). The van der Waals surface area contributed by atoms with E-state index in [1.54, 1.807) is 39.0 Å².